The minimum Gasteiger partial charge on any atom is -0.448 e. The van der Waals surface area contributed by atoms with Gasteiger partial charge in [0.2, 0.25) is 0 Å². The third-order valence-electron chi connectivity index (χ3n) is 3.17. The van der Waals surface area contributed by atoms with E-state index in [9.17, 15) is 22.8 Å². The Morgan fingerprint density at radius 1 is 1.21 bits per heavy atom. The zero-order chi connectivity index (χ0) is 18.5. The minimum absolute atomic E-state index is 0.170. The van der Waals surface area contributed by atoms with E-state index in [1.165, 1.54) is 31.2 Å². The smallest absolute Gasteiger partial charge is 0.340 e. The summed E-state index contributed by atoms with van der Waals surface area (Å²) in [7, 11) is -3.64. The summed E-state index contributed by atoms with van der Waals surface area (Å²) in [6.07, 6.45) is -1.29. The Morgan fingerprint density at radius 2 is 1.79 bits per heavy atom. The maximum Gasteiger partial charge on any atom is 0.340 e. The standard InChI is InChI=1S/C15H20N2O6S/c1-4-24(21,22)11-8-6-5-7-10(11)14(19)23-12(9(2)3)13(18)17-15(16)20/h5-9,12H,4H2,1-3H3,(H3,16,17,18,20)/t12-/m1/s1. The third kappa shape index (κ3) is 4.79. The summed E-state index contributed by atoms with van der Waals surface area (Å²) in [5.41, 5.74) is 4.71. The number of ether oxygens (including phenoxy) is 1. The molecule has 132 valence electrons. The number of benzene rings is 1. The number of rotatable bonds is 6. The molecule has 0 fully saturated rings. The van der Waals surface area contributed by atoms with Crippen LogP contribution >= 0.6 is 0 Å². The summed E-state index contributed by atoms with van der Waals surface area (Å²) in [6, 6.07) is 4.49. The Labute approximate surface area is 140 Å². The van der Waals surface area contributed by atoms with E-state index < -0.39 is 39.8 Å². The van der Waals surface area contributed by atoms with E-state index in [0.29, 0.717) is 0 Å². The zero-order valence-corrected chi connectivity index (χ0v) is 14.4. The first-order valence-electron chi connectivity index (χ1n) is 7.23. The quantitative estimate of drug-likeness (QED) is 0.726. The number of sulfone groups is 1. The van der Waals surface area contributed by atoms with Crippen molar-refractivity contribution in [2.75, 3.05) is 5.75 Å². The summed E-state index contributed by atoms with van der Waals surface area (Å²) >= 11 is 0. The van der Waals surface area contributed by atoms with E-state index in [1.54, 1.807) is 13.8 Å². The number of carbonyl (C=O) groups excluding carboxylic acids is 3. The SMILES string of the molecule is CCS(=O)(=O)c1ccccc1C(=O)O[C@@H](C(=O)NC(N)=O)C(C)C. The summed E-state index contributed by atoms with van der Waals surface area (Å²) < 4.78 is 29.3. The lowest BCUT2D eigenvalue weighted by molar-refractivity contribution is -0.130. The lowest BCUT2D eigenvalue weighted by atomic mass is 10.1. The average Bonchev–Trinajstić information content (AvgIpc) is 2.51. The molecule has 0 aliphatic rings. The minimum atomic E-state index is -3.64. The predicted octanol–water partition coefficient (Wildman–Crippen LogP) is 0.856. The number of carbonyl (C=O) groups is 3. The lowest BCUT2D eigenvalue weighted by Crippen LogP contribution is -2.45. The summed E-state index contributed by atoms with van der Waals surface area (Å²) in [6.45, 7) is 4.66. The largest absolute Gasteiger partial charge is 0.448 e. The molecule has 3 amide bonds. The van der Waals surface area contributed by atoms with Crippen LogP contribution in [0.1, 0.15) is 31.1 Å². The molecule has 3 N–H and O–H groups in total. The van der Waals surface area contributed by atoms with Crippen molar-refractivity contribution in [2.24, 2.45) is 11.7 Å². The van der Waals surface area contributed by atoms with E-state index in [2.05, 4.69) is 0 Å². The molecule has 0 saturated heterocycles. The Morgan fingerprint density at radius 3 is 2.29 bits per heavy atom. The molecule has 0 aliphatic heterocycles. The molecule has 0 saturated carbocycles. The molecule has 0 spiro atoms. The first kappa shape index (κ1) is 19.6. The molecule has 1 rings (SSSR count). The molecular weight excluding hydrogens is 336 g/mol. The van der Waals surface area contributed by atoms with Crippen molar-refractivity contribution < 1.29 is 27.5 Å². The highest BCUT2D eigenvalue weighted by Crippen LogP contribution is 2.20. The van der Waals surface area contributed by atoms with Gasteiger partial charge in [0.1, 0.15) is 0 Å². The number of nitrogens with one attached hydrogen (secondary N) is 1. The van der Waals surface area contributed by atoms with Gasteiger partial charge in [0.15, 0.2) is 15.9 Å². The zero-order valence-electron chi connectivity index (χ0n) is 13.6. The molecule has 0 aromatic heterocycles. The predicted molar refractivity (Wildman–Crippen MR) is 85.9 cm³/mol. The molecular formula is C15H20N2O6S. The highest BCUT2D eigenvalue weighted by Gasteiger charge is 2.30. The van der Waals surface area contributed by atoms with Gasteiger partial charge in [-0.2, -0.15) is 0 Å². The fraction of sp³-hybridized carbons (Fsp3) is 0.400. The molecule has 0 bridgehead atoms. The van der Waals surface area contributed by atoms with Crippen molar-refractivity contribution >= 4 is 27.7 Å². The van der Waals surface area contributed by atoms with Gasteiger partial charge in [0.25, 0.3) is 5.91 Å². The number of amides is 3. The van der Waals surface area contributed by atoms with Crippen molar-refractivity contribution in [1.29, 1.82) is 0 Å². The Kier molecular flexibility index (Phi) is 6.47. The fourth-order valence-electron chi connectivity index (χ4n) is 1.93. The van der Waals surface area contributed by atoms with Crippen LogP contribution in [0.2, 0.25) is 0 Å². The van der Waals surface area contributed by atoms with Crippen LogP contribution < -0.4 is 11.1 Å². The van der Waals surface area contributed by atoms with Crippen LogP contribution in [0.4, 0.5) is 4.79 Å². The van der Waals surface area contributed by atoms with E-state index in [1.807, 2.05) is 5.32 Å². The number of imide groups is 1. The number of hydrogen-bond acceptors (Lipinski definition) is 6. The highest BCUT2D eigenvalue weighted by molar-refractivity contribution is 7.91. The topological polar surface area (TPSA) is 133 Å². The van der Waals surface area contributed by atoms with Crippen LogP contribution in [-0.4, -0.2) is 38.2 Å². The van der Waals surface area contributed by atoms with Crippen molar-refractivity contribution in [3.05, 3.63) is 29.8 Å². The second kappa shape index (κ2) is 7.91. The summed E-state index contributed by atoms with van der Waals surface area (Å²) in [5.74, 6) is -2.49. The summed E-state index contributed by atoms with van der Waals surface area (Å²) in [4.78, 5) is 34.9. The lowest BCUT2D eigenvalue weighted by Gasteiger charge is -2.20. The van der Waals surface area contributed by atoms with E-state index in [-0.39, 0.29) is 16.2 Å². The van der Waals surface area contributed by atoms with Crippen LogP contribution in [0.25, 0.3) is 0 Å². The van der Waals surface area contributed by atoms with Gasteiger partial charge < -0.3 is 10.5 Å². The molecule has 1 atom stereocenters. The van der Waals surface area contributed by atoms with Gasteiger partial charge in [-0.25, -0.2) is 18.0 Å². The summed E-state index contributed by atoms with van der Waals surface area (Å²) in [5, 5.41) is 1.84. The van der Waals surface area contributed by atoms with Crippen LogP contribution in [0.5, 0.6) is 0 Å². The fourth-order valence-corrected chi connectivity index (χ4v) is 3.01. The number of nitrogens with two attached hydrogens (primary N) is 1. The van der Waals surface area contributed by atoms with Crippen molar-refractivity contribution in [2.45, 2.75) is 31.8 Å². The van der Waals surface area contributed by atoms with Gasteiger partial charge >= 0.3 is 12.0 Å². The normalized spacial score (nSPS) is 12.5. The Hall–Kier alpha value is -2.42. The Balaban J connectivity index is 3.14. The van der Waals surface area contributed by atoms with Gasteiger partial charge in [0.05, 0.1) is 16.2 Å². The van der Waals surface area contributed by atoms with Crippen molar-refractivity contribution in [1.82, 2.24) is 5.32 Å². The molecule has 8 nitrogen and oxygen atoms in total. The van der Waals surface area contributed by atoms with Crippen LogP contribution in [0.3, 0.4) is 0 Å². The second-order valence-corrected chi connectivity index (χ2v) is 7.57. The van der Waals surface area contributed by atoms with Crippen LogP contribution in [-0.2, 0) is 19.4 Å². The molecule has 24 heavy (non-hydrogen) atoms. The molecule has 1 aromatic carbocycles. The maximum absolute atomic E-state index is 12.4. The third-order valence-corrected chi connectivity index (χ3v) is 4.95. The van der Waals surface area contributed by atoms with Crippen molar-refractivity contribution in [3.63, 3.8) is 0 Å². The van der Waals surface area contributed by atoms with Gasteiger partial charge in [-0.05, 0) is 18.1 Å². The molecule has 0 aliphatic carbocycles. The first-order valence-corrected chi connectivity index (χ1v) is 8.88. The molecule has 1 aromatic rings. The maximum atomic E-state index is 12.4. The molecule has 9 heteroatoms. The van der Waals surface area contributed by atoms with Crippen LogP contribution in [0, 0.1) is 5.92 Å². The average molecular weight is 356 g/mol. The number of esters is 1. The molecule has 0 unspecified atom stereocenters. The molecule has 0 heterocycles. The van der Waals surface area contributed by atoms with E-state index in [4.69, 9.17) is 10.5 Å². The van der Waals surface area contributed by atoms with E-state index in [0.717, 1.165) is 0 Å². The van der Waals surface area contributed by atoms with Gasteiger partial charge in [-0.3, -0.25) is 10.1 Å². The van der Waals surface area contributed by atoms with Gasteiger partial charge in [-0.15, -0.1) is 0 Å². The van der Waals surface area contributed by atoms with Crippen LogP contribution in [0.15, 0.2) is 29.2 Å². The van der Waals surface area contributed by atoms with Gasteiger partial charge in [-0.1, -0.05) is 32.9 Å². The van der Waals surface area contributed by atoms with Gasteiger partial charge in [0, 0.05) is 0 Å². The first-order chi connectivity index (χ1) is 11.1. The van der Waals surface area contributed by atoms with E-state index >= 15 is 0 Å². The number of urea groups is 1. The number of hydrogen-bond donors (Lipinski definition) is 2. The number of primary amides is 1. The highest BCUT2D eigenvalue weighted by atomic mass is 32.2. The second-order valence-electron chi connectivity index (χ2n) is 5.32. The monoisotopic (exact) mass is 356 g/mol. The van der Waals surface area contributed by atoms with Crippen molar-refractivity contribution in [3.8, 4) is 0 Å². The Bertz CT molecular complexity index is 742. The molecule has 0 radical (unpaired) electrons.